The lowest BCUT2D eigenvalue weighted by molar-refractivity contribution is -0.118. The van der Waals surface area contributed by atoms with Gasteiger partial charge in [0.1, 0.15) is 5.75 Å². The van der Waals surface area contributed by atoms with Crippen LogP contribution in [0.4, 0.5) is 0 Å². The summed E-state index contributed by atoms with van der Waals surface area (Å²) in [7, 11) is 0. The van der Waals surface area contributed by atoms with E-state index >= 15 is 0 Å². The fraction of sp³-hybridized carbons (Fsp3) is 0.562. The molecule has 0 bridgehead atoms. The van der Waals surface area contributed by atoms with Crippen molar-refractivity contribution in [1.82, 2.24) is 5.32 Å². The molecule has 1 aromatic carbocycles. The average Bonchev–Trinajstić information content (AvgIpc) is 3.29. The predicted molar refractivity (Wildman–Crippen MR) is 82.2 cm³/mol. The van der Waals surface area contributed by atoms with Gasteiger partial charge < -0.3 is 10.1 Å². The number of para-hydroxylation sites is 1. The number of nitrogens with one attached hydrogen (secondary N) is 1. The quantitative estimate of drug-likeness (QED) is 0.875. The Kier molecular flexibility index (Phi) is 4.51. The second-order valence-corrected chi connectivity index (χ2v) is 6.78. The van der Waals surface area contributed by atoms with E-state index in [1.807, 2.05) is 18.2 Å². The van der Waals surface area contributed by atoms with E-state index in [4.69, 9.17) is 4.74 Å². The summed E-state index contributed by atoms with van der Waals surface area (Å²) in [4.78, 5) is 11.8. The topological polar surface area (TPSA) is 38.3 Å². The van der Waals surface area contributed by atoms with Crippen LogP contribution in [0.2, 0.25) is 0 Å². The number of ether oxygens (including phenoxy) is 1. The van der Waals surface area contributed by atoms with Gasteiger partial charge >= 0.3 is 0 Å². The lowest BCUT2D eigenvalue weighted by Gasteiger charge is -2.25. The highest BCUT2D eigenvalue weighted by Crippen LogP contribution is 2.32. The summed E-state index contributed by atoms with van der Waals surface area (Å²) < 4.78 is 5.73. The molecule has 1 aliphatic carbocycles. The van der Waals surface area contributed by atoms with Gasteiger partial charge in [0.05, 0.1) is 12.4 Å². The SMILES string of the molecule is O=C(CSCC1CC1)NC[C@H]1COc2ccccc2C1. The first-order valence-corrected chi connectivity index (χ1v) is 8.52. The number of benzene rings is 1. The molecule has 1 saturated carbocycles. The summed E-state index contributed by atoms with van der Waals surface area (Å²) in [6.45, 7) is 1.42. The highest BCUT2D eigenvalue weighted by Gasteiger charge is 2.22. The van der Waals surface area contributed by atoms with Crippen molar-refractivity contribution in [2.75, 3.05) is 24.7 Å². The van der Waals surface area contributed by atoms with Crippen LogP contribution in [0.25, 0.3) is 0 Å². The molecule has 3 nitrogen and oxygen atoms in total. The van der Waals surface area contributed by atoms with E-state index in [2.05, 4.69) is 11.4 Å². The normalized spacial score (nSPS) is 20.9. The minimum absolute atomic E-state index is 0.162. The van der Waals surface area contributed by atoms with Gasteiger partial charge in [-0.05, 0) is 42.6 Å². The number of rotatable bonds is 6. The highest BCUT2D eigenvalue weighted by atomic mass is 32.2. The highest BCUT2D eigenvalue weighted by molar-refractivity contribution is 7.99. The Morgan fingerprint density at radius 2 is 2.15 bits per heavy atom. The molecular weight excluding hydrogens is 270 g/mol. The first-order valence-electron chi connectivity index (χ1n) is 7.36. The number of amides is 1. The Hall–Kier alpha value is -1.16. The summed E-state index contributed by atoms with van der Waals surface area (Å²) in [5.41, 5.74) is 1.25. The zero-order valence-corrected chi connectivity index (χ0v) is 12.5. The molecule has 0 spiro atoms. The van der Waals surface area contributed by atoms with Crippen LogP contribution in [0.15, 0.2) is 24.3 Å². The molecule has 1 aliphatic heterocycles. The Labute approximate surface area is 124 Å². The third-order valence-electron chi connectivity index (χ3n) is 3.83. The first-order chi connectivity index (χ1) is 9.81. The molecule has 1 N–H and O–H groups in total. The van der Waals surface area contributed by atoms with Crippen molar-refractivity contribution in [2.24, 2.45) is 11.8 Å². The van der Waals surface area contributed by atoms with Gasteiger partial charge in [-0.1, -0.05) is 18.2 Å². The Morgan fingerprint density at radius 3 is 3.00 bits per heavy atom. The zero-order chi connectivity index (χ0) is 13.8. The molecule has 4 heteroatoms. The molecule has 0 aromatic heterocycles. The van der Waals surface area contributed by atoms with Gasteiger partial charge in [-0.25, -0.2) is 0 Å². The largest absolute Gasteiger partial charge is 0.493 e. The van der Waals surface area contributed by atoms with Crippen molar-refractivity contribution in [2.45, 2.75) is 19.3 Å². The number of carbonyl (C=O) groups is 1. The fourth-order valence-electron chi connectivity index (χ4n) is 2.43. The molecule has 0 unspecified atom stereocenters. The molecule has 1 fully saturated rings. The lowest BCUT2D eigenvalue weighted by Crippen LogP contribution is -2.35. The van der Waals surface area contributed by atoms with Crippen molar-refractivity contribution < 1.29 is 9.53 Å². The molecule has 108 valence electrons. The number of carbonyl (C=O) groups excluding carboxylic acids is 1. The molecular formula is C16H21NO2S. The van der Waals surface area contributed by atoms with Crippen molar-refractivity contribution in [3.63, 3.8) is 0 Å². The van der Waals surface area contributed by atoms with Crippen LogP contribution in [-0.4, -0.2) is 30.6 Å². The smallest absolute Gasteiger partial charge is 0.230 e. The van der Waals surface area contributed by atoms with Gasteiger partial charge in [-0.2, -0.15) is 11.8 Å². The number of thioether (sulfide) groups is 1. The summed E-state index contributed by atoms with van der Waals surface area (Å²) in [5, 5.41) is 3.04. The maximum atomic E-state index is 11.8. The average molecular weight is 291 g/mol. The van der Waals surface area contributed by atoms with Crippen molar-refractivity contribution in [1.29, 1.82) is 0 Å². The molecule has 1 amide bonds. The van der Waals surface area contributed by atoms with Crippen molar-refractivity contribution in [3.8, 4) is 5.75 Å². The third kappa shape index (κ3) is 3.92. The Balaban J connectivity index is 1.37. The van der Waals surface area contributed by atoms with E-state index < -0.39 is 0 Å². The minimum atomic E-state index is 0.162. The monoisotopic (exact) mass is 291 g/mol. The van der Waals surface area contributed by atoms with Gasteiger partial charge in [-0.15, -0.1) is 0 Å². The molecule has 0 radical (unpaired) electrons. The van der Waals surface area contributed by atoms with Gasteiger partial charge in [0.25, 0.3) is 0 Å². The molecule has 1 heterocycles. The maximum Gasteiger partial charge on any atom is 0.230 e. The van der Waals surface area contributed by atoms with Crippen molar-refractivity contribution in [3.05, 3.63) is 29.8 Å². The van der Waals surface area contributed by atoms with E-state index in [0.29, 0.717) is 18.3 Å². The predicted octanol–water partition coefficient (Wildman–Crippen LogP) is 2.50. The van der Waals surface area contributed by atoms with E-state index in [0.717, 1.165) is 30.4 Å². The summed E-state index contributed by atoms with van der Waals surface area (Å²) in [5.74, 6) is 4.18. The Bertz CT molecular complexity index is 473. The van der Waals surface area contributed by atoms with Crippen LogP contribution in [0.5, 0.6) is 5.75 Å². The zero-order valence-electron chi connectivity index (χ0n) is 11.6. The second kappa shape index (κ2) is 6.53. The van der Waals surface area contributed by atoms with Gasteiger partial charge in [0.15, 0.2) is 0 Å². The summed E-state index contributed by atoms with van der Waals surface area (Å²) in [6.07, 6.45) is 3.70. The van der Waals surface area contributed by atoms with Crippen LogP contribution < -0.4 is 10.1 Å². The lowest BCUT2D eigenvalue weighted by atomic mass is 9.97. The van der Waals surface area contributed by atoms with E-state index in [-0.39, 0.29) is 5.91 Å². The van der Waals surface area contributed by atoms with E-state index in [1.54, 1.807) is 11.8 Å². The molecule has 2 aliphatic rings. The first kappa shape index (κ1) is 13.8. The molecule has 1 aromatic rings. The number of hydrogen-bond donors (Lipinski definition) is 1. The summed E-state index contributed by atoms with van der Waals surface area (Å²) in [6, 6.07) is 8.16. The van der Waals surface area contributed by atoms with Crippen LogP contribution in [0.1, 0.15) is 18.4 Å². The second-order valence-electron chi connectivity index (χ2n) is 5.75. The molecule has 3 rings (SSSR count). The van der Waals surface area contributed by atoms with Crippen LogP contribution >= 0.6 is 11.8 Å². The third-order valence-corrected chi connectivity index (χ3v) is 5.00. The van der Waals surface area contributed by atoms with Crippen molar-refractivity contribution >= 4 is 17.7 Å². The Morgan fingerprint density at radius 1 is 1.30 bits per heavy atom. The molecule has 1 atom stereocenters. The van der Waals surface area contributed by atoms with E-state index in [1.165, 1.54) is 18.4 Å². The van der Waals surface area contributed by atoms with Crippen LogP contribution in [-0.2, 0) is 11.2 Å². The molecule has 20 heavy (non-hydrogen) atoms. The van der Waals surface area contributed by atoms with Gasteiger partial charge in [-0.3, -0.25) is 4.79 Å². The van der Waals surface area contributed by atoms with Gasteiger partial charge in [0.2, 0.25) is 5.91 Å². The maximum absolute atomic E-state index is 11.8. The molecule has 0 saturated heterocycles. The number of hydrogen-bond acceptors (Lipinski definition) is 3. The number of fused-ring (bicyclic) bond motifs is 1. The minimum Gasteiger partial charge on any atom is -0.493 e. The van der Waals surface area contributed by atoms with Crippen LogP contribution in [0, 0.1) is 11.8 Å². The fourth-order valence-corrected chi connectivity index (χ4v) is 3.51. The van der Waals surface area contributed by atoms with E-state index in [9.17, 15) is 4.79 Å². The van der Waals surface area contributed by atoms with Crippen LogP contribution in [0.3, 0.4) is 0 Å². The summed E-state index contributed by atoms with van der Waals surface area (Å²) >= 11 is 1.76. The standard InChI is InChI=1S/C16H21NO2S/c18-16(11-20-10-12-5-6-12)17-8-13-7-14-3-1-2-4-15(14)19-9-13/h1-4,12-13H,5-11H2,(H,17,18)/t13-/m0/s1. The van der Waals surface area contributed by atoms with Gasteiger partial charge in [0, 0.05) is 12.5 Å².